The second kappa shape index (κ2) is 6.07. The second-order valence-electron chi connectivity index (χ2n) is 4.35. The zero-order valence-corrected chi connectivity index (χ0v) is 12.4. The first-order valence-electron chi connectivity index (χ1n) is 5.66. The van der Waals surface area contributed by atoms with E-state index in [1.165, 1.54) is 6.42 Å². The molecule has 3 unspecified atom stereocenters. The van der Waals surface area contributed by atoms with Gasteiger partial charge in [-0.15, -0.1) is 10.2 Å². The number of hydrogen-bond donors (Lipinski definition) is 0. The predicted octanol–water partition coefficient (Wildman–Crippen LogP) is 3.68. The fourth-order valence-corrected chi connectivity index (χ4v) is 5.16. The van der Waals surface area contributed by atoms with Crippen LogP contribution in [0.15, 0.2) is 8.68 Å². The molecule has 0 aromatic carbocycles. The van der Waals surface area contributed by atoms with Crippen LogP contribution < -0.4 is 0 Å². The van der Waals surface area contributed by atoms with E-state index >= 15 is 0 Å². The monoisotopic (exact) mass is 285 g/mol. The number of hydrogen-bond acceptors (Lipinski definition) is 6. The van der Waals surface area contributed by atoms with Crippen LogP contribution >= 0.6 is 34.9 Å². The van der Waals surface area contributed by atoms with Crippen LogP contribution in [0.3, 0.4) is 0 Å². The van der Waals surface area contributed by atoms with E-state index in [0.29, 0.717) is 5.25 Å². The molecule has 1 saturated carbocycles. The van der Waals surface area contributed by atoms with Crippen LogP contribution in [-0.2, 0) is 0 Å². The van der Waals surface area contributed by atoms with Crippen molar-refractivity contribution in [1.29, 1.82) is 5.26 Å². The number of nitrogens with zero attached hydrogens (tertiary/aromatic N) is 3. The van der Waals surface area contributed by atoms with E-state index in [2.05, 4.69) is 23.2 Å². The number of thioether (sulfide) groups is 2. The SMILES string of the molecule is CSc1nnc(SC2CC(C)CCC2C#N)s1. The van der Waals surface area contributed by atoms with Gasteiger partial charge < -0.3 is 0 Å². The Morgan fingerprint density at radius 1 is 1.35 bits per heavy atom. The molecule has 3 nitrogen and oxygen atoms in total. The van der Waals surface area contributed by atoms with Crippen molar-refractivity contribution in [1.82, 2.24) is 10.2 Å². The molecule has 0 saturated heterocycles. The second-order valence-corrected chi connectivity index (χ2v) is 7.87. The molecule has 0 N–H and O–H groups in total. The van der Waals surface area contributed by atoms with Crippen molar-refractivity contribution in [2.24, 2.45) is 11.8 Å². The topological polar surface area (TPSA) is 49.6 Å². The third-order valence-electron chi connectivity index (χ3n) is 3.03. The lowest BCUT2D eigenvalue weighted by molar-refractivity contribution is 0.345. The Hall–Kier alpha value is -0.250. The number of aromatic nitrogens is 2. The summed E-state index contributed by atoms with van der Waals surface area (Å²) in [6.07, 6.45) is 5.35. The zero-order valence-electron chi connectivity index (χ0n) is 9.92. The van der Waals surface area contributed by atoms with E-state index < -0.39 is 0 Å². The molecule has 3 atom stereocenters. The lowest BCUT2D eigenvalue weighted by atomic mass is 9.83. The maximum atomic E-state index is 9.18. The van der Waals surface area contributed by atoms with Gasteiger partial charge in [-0.3, -0.25) is 0 Å². The van der Waals surface area contributed by atoms with Gasteiger partial charge in [0.15, 0.2) is 8.68 Å². The summed E-state index contributed by atoms with van der Waals surface area (Å²) >= 11 is 5.01. The van der Waals surface area contributed by atoms with E-state index in [-0.39, 0.29) is 5.92 Å². The van der Waals surface area contributed by atoms with Gasteiger partial charge in [-0.25, -0.2) is 0 Å². The highest BCUT2D eigenvalue weighted by molar-refractivity contribution is 8.03. The van der Waals surface area contributed by atoms with E-state index in [0.717, 1.165) is 27.4 Å². The molecule has 1 aromatic rings. The quantitative estimate of drug-likeness (QED) is 0.793. The first kappa shape index (κ1) is 13.2. The molecule has 92 valence electrons. The summed E-state index contributed by atoms with van der Waals surface area (Å²) in [6.45, 7) is 2.27. The summed E-state index contributed by atoms with van der Waals surface area (Å²) < 4.78 is 2.01. The third-order valence-corrected chi connectivity index (χ3v) is 6.37. The van der Waals surface area contributed by atoms with E-state index in [4.69, 9.17) is 0 Å². The Morgan fingerprint density at radius 2 is 2.12 bits per heavy atom. The van der Waals surface area contributed by atoms with Crippen LogP contribution in [0.4, 0.5) is 0 Å². The van der Waals surface area contributed by atoms with Gasteiger partial charge in [0, 0.05) is 5.25 Å². The Kier molecular flexibility index (Phi) is 4.71. The van der Waals surface area contributed by atoms with Crippen molar-refractivity contribution in [3.8, 4) is 6.07 Å². The smallest absolute Gasteiger partial charge is 0.175 e. The highest BCUT2D eigenvalue weighted by Gasteiger charge is 2.30. The largest absolute Gasteiger partial charge is 0.198 e. The van der Waals surface area contributed by atoms with Crippen LogP contribution in [-0.4, -0.2) is 21.7 Å². The van der Waals surface area contributed by atoms with Crippen molar-refractivity contribution in [3.63, 3.8) is 0 Å². The molecule has 1 aliphatic rings. The molecule has 1 fully saturated rings. The molecule has 1 aromatic heterocycles. The fraction of sp³-hybridized carbons (Fsp3) is 0.727. The van der Waals surface area contributed by atoms with Gasteiger partial charge in [0.25, 0.3) is 0 Å². The van der Waals surface area contributed by atoms with Crippen LogP contribution in [0.5, 0.6) is 0 Å². The lowest BCUT2D eigenvalue weighted by Gasteiger charge is -2.29. The zero-order chi connectivity index (χ0) is 12.3. The minimum atomic E-state index is 0.179. The summed E-state index contributed by atoms with van der Waals surface area (Å²) in [6, 6.07) is 2.45. The van der Waals surface area contributed by atoms with Crippen LogP contribution in [0.25, 0.3) is 0 Å². The summed E-state index contributed by atoms with van der Waals surface area (Å²) in [5, 5.41) is 17.8. The van der Waals surface area contributed by atoms with Crippen molar-refractivity contribution < 1.29 is 0 Å². The Morgan fingerprint density at radius 3 is 2.76 bits per heavy atom. The van der Waals surface area contributed by atoms with Crippen molar-refractivity contribution in [2.75, 3.05) is 6.26 Å². The Balaban J connectivity index is 2.02. The third kappa shape index (κ3) is 3.36. The van der Waals surface area contributed by atoms with Crippen molar-refractivity contribution in [3.05, 3.63) is 0 Å². The minimum Gasteiger partial charge on any atom is -0.198 e. The van der Waals surface area contributed by atoms with Crippen LogP contribution in [0.1, 0.15) is 26.2 Å². The van der Waals surface area contributed by atoms with Gasteiger partial charge in [0.1, 0.15) is 0 Å². The summed E-state index contributed by atoms with van der Waals surface area (Å²) in [7, 11) is 0. The van der Waals surface area contributed by atoms with Gasteiger partial charge in [-0.05, 0) is 31.4 Å². The molecule has 1 aliphatic carbocycles. The summed E-state index contributed by atoms with van der Waals surface area (Å²) in [5.74, 6) is 0.905. The minimum absolute atomic E-state index is 0.179. The molecule has 0 amide bonds. The highest BCUT2D eigenvalue weighted by atomic mass is 32.2. The number of rotatable bonds is 3. The van der Waals surface area contributed by atoms with Gasteiger partial charge in [0.2, 0.25) is 0 Å². The number of nitriles is 1. The predicted molar refractivity (Wildman–Crippen MR) is 73.5 cm³/mol. The molecule has 0 bridgehead atoms. The van der Waals surface area contributed by atoms with Crippen molar-refractivity contribution >= 4 is 34.9 Å². The van der Waals surface area contributed by atoms with E-state index in [1.54, 1.807) is 34.9 Å². The van der Waals surface area contributed by atoms with Crippen LogP contribution in [0.2, 0.25) is 0 Å². The average Bonchev–Trinajstić information content (AvgIpc) is 2.77. The Bertz CT molecular complexity index is 412. The van der Waals surface area contributed by atoms with Crippen LogP contribution in [0, 0.1) is 23.2 Å². The molecule has 17 heavy (non-hydrogen) atoms. The van der Waals surface area contributed by atoms with E-state index in [9.17, 15) is 5.26 Å². The lowest BCUT2D eigenvalue weighted by Crippen LogP contribution is -2.24. The summed E-state index contributed by atoms with van der Waals surface area (Å²) in [5.41, 5.74) is 0. The first-order chi connectivity index (χ1) is 8.22. The molecule has 6 heteroatoms. The van der Waals surface area contributed by atoms with Gasteiger partial charge in [0.05, 0.1) is 12.0 Å². The first-order valence-corrected chi connectivity index (χ1v) is 8.58. The molecular weight excluding hydrogens is 270 g/mol. The highest BCUT2D eigenvalue weighted by Crippen LogP contribution is 2.41. The van der Waals surface area contributed by atoms with Crippen molar-refractivity contribution in [2.45, 2.75) is 40.1 Å². The fourth-order valence-electron chi connectivity index (χ4n) is 2.06. The average molecular weight is 285 g/mol. The standard InChI is InChI=1S/C11H15N3S3/c1-7-3-4-8(6-12)9(5-7)16-11-14-13-10(15-2)17-11/h7-9H,3-5H2,1-2H3. The van der Waals surface area contributed by atoms with Gasteiger partial charge in [-0.1, -0.05) is 41.8 Å². The molecule has 0 radical (unpaired) electrons. The molecular formula is C11H15N3S3. The van der Waals surface area contributed by atoms with E-state index in [1.807, 2.05) is 6.26 Å². The molecule has 0 aliphatic heterocycles. The summed E-state index contributed by atoms with van der Waals surface area (Å²) in [4.78, 5) is 0. The molecule has 2 rings (SSSR count). The normalized spacial score (nSPS) is 28.9. The molecule has 1 heterocycles. The van der Waals surface area contributed by atoms with Gasteiger partial charge in [-0.2, -0.15) is 5.26 Å². The Labute approximate surface area is 114 Å². The van der Waals surface area contributed by atoms with Gasteiger partial charge >= 0.3 is 0 Å². The maximum absolute atomic E-state index is 9.18. The maximum Gasteiger partial charge on any atom is 0.175 e. The molecule has 0 spiro atoms.